The Balaban J connectivity index is 2.03. The van der Waals surface area contributed by atoms with Crippen molar-refractivity contribution < 1.29 is 4.74 Å². The molecular weight excluding hydrogens is 322 g/mol. The first-order valence-electron chi connectivity index (χ1n) is 5.05. The van der Waals surface area contributed by atoms with Crippen LogP contribution in [0.5, 0.6) is 5.75 Å². The second-order valence-electron chi connectivity index (χ2n) is 3.24. The van der Waals surface area contributed by atoms with Gasteiger partial charge in [0.15, 0.2) is 16.6 Å². The van der Waals surface area contributed by atoms with Crippen LogP contribution >= 0.6 is 38.8 Å². The maximum atomic E-state index is 5.73. The van der Waals surface area contributed by atoms with Gasteiger partial charge >= 0.3 is 0 Å². The number of nitrogens with zero attached hydrogens (tertiary/aromatic N) is 1. The number of nitrogens with two attached hydrogens (primary N) is 1. The van der Waals surface area contributed by atoms with Gasteiger partial charge in [0.1, 0.15) is 0 Å². The molecule has 0 aliphatic rings. The van der Waals surface area contributed by atoms with Crippen LogP contribution in [0.1, 0.15) is 11.8 Å². The van der Waals surface area contributed by atoms with E-state index in [1.54, 1.807) is 11.3 Å². The summed E-state index contributed by atoms with van der Waals surface area (Å²) < 4.78 is 10.6. The van der Waals surface area contributed by atoms with Crippen LogP contribution < -0.4 is 15.8 Å². The molecule has 0 spiro atoms. The summed E-state index contributed by atoms with van der Waals surface area (Å²) >= 11 is 6.45. The minimum absolute atomic E-state index is 0.451. The highest BCUT2D eigenvalue weighted by Crippen LogP contribution is 2.35. The zero-order chi connectivity index (χ0) is 12.3. The highest BCUT2D eigenvalue weighted by molar-refractivity contribution is 9.10. The third-order valence-corrected chi connectivity index (χ3v) is 4.51. The Morgan fingerprint density at radius 2 is 2.41 bits per heavy atom. The Morgan fingerprint density at radius 1 is 1.59 bits per heavy atom. The highest BCUT2D eigenvalue weighted by Gasteiger charge is 2.12. The summed E-state index contributed by atoms with van der Waals surface area (Å²) in [7, 11) is 0. The third kappa shape index (κ3) is 3.11. The molecule has 2 aromatic heterocycles. The molecule has 92 valence electrons. The van der Waals surface area contributed by atoms with E-state index in [-0.39, 0.29) is 0 Å². The minimum Gasteiger partial charge on any atom is -0.487 e. The summed E-state index contributed by atoms with van der Waals surface area (Å²) in [6.45, 7) is 3.26. The first-order chi connectivity index (χ1) is 8.20. The molecule has 0 aliphatic heterocycles. The van der Waals surface area contributed by atoms with E-state index in [0.717, 1.165) is 16.0 Å². The van der Waals surface area contributed by atoms with Gasteiger partial charge in [-0.1, -0.05) is 0 Å². The number of halogens is 1. The predicted molar refractivity (Wildman–Crippen MR) is 77.0 cm³/mol. The number of aromatic nitrogens is 1. The molecule has 2 aromatic rings. The van der Waals surface area contributed by atoms with E-state index in [9.17, 15) is 0 Å². The Labute approximate surface area is 116 Å². The van der Waals surface area contributed by atoms with Crippen molar-refractivity contribution in [2.75, 3.05) is 17.7 Å². The maximum absolute atomic E-state index is 5.73. The molecule has 17 heavy (non-hydrogen) atoms. The lowest BCUT2D eigenvalue weighted by atomic mass is 10.4. The van der Waals surface area contributed by atoms with E-state index in [1.807, 2.05) is 6.92 Å². The predicted octanol–water partition coefficient (Wildman–Crippen LogP) is 3.56. The molecular formula is C10H12BrN3OS2. The van der Waals surface area contributed by atoms with Crippen molar-refractivity contribution in [3.8, 4) is 5.75 Å². The molecule has 0 aliphatic carbocycles. The standard InChI is InChI=1S/C10H12BrN3OS2/c1-2-15-8-9(12)14-17-10(8)13-4-7-3-6(11)5-16-7/h3,5,13H,2,4H2,1H3,(H2,12,14). The zero-order valence-electron chi connectivity index (χ0n) is 9.20. The number of rotatable bonds is 5. The molecule has 0 amide bonds. The van der Waals surface area contributed by atoms with Crippen LogP contribution in [0.3, 0.4) is 0 Å². The second kappa shape index (κ2) is 5.70. The van der Waals surface area contributed by atoms with E-state index < -0.39 is 0 Å². The topological polar surface area (TPSA) is 60.2 Å². The van der Waals surface area contributed by atoms with Crippen molar-refractivity contribution in [3.63, 3.8) is 0 Å². The molecule has 4 nitrogen and oxygen atoms in total. The van der Waals surface area contributed by atoms with E-state index in [2.05, 4.69) is 37.1 Å². The summed E-state index contributed by atoms with van der Waals surface area (Å²) in [6, 6.07) is 2.09. The fraction of sp³-hybridized carbons (Fsp3) is 0.300. The van der Waals surface area contributed by atoms with Gasteiger partial charge in [0.25, 0.3) is 0 Å². The number of thiophene rings is 1. The number of hydrogen-bond acceptors (Lipinski definition) is 6. The van der Waals surface area contributed by atoms with Crippen molar-refractivity contribution in [2.45, 2.75) is 13.5 Å². The second-order valence-corrected chi connectivity index (χ2v) is 5.93. The molecule has 7 heteroatoms. The molecule has 0 saturated heterocycles. The third-order valence-electron chi connectivity index (χ3n) is 2.01. The number of ether oxygens (including phenoxy) is 1. The van der Waals surface area contributed by atoms with E-state index in [1.165, 1.54) is 16.4 Å². The Bertz CT molecular complexity index is 497. The molecule has 0 unspecified atom stereocenters. The number of anilines is 2. The van der Waals surface area contributed by atoms with E-state index in [0.29, 0.717) is 18.2 Å². The SMILES string of the molecule is CCOc1c(N)nsc1NCc1cc(Br)cs1. The van der Waals surface area contributed by atoms with Gasteiger partial charge in [-0.25, -0.2) is 0 Å². The highest BCUT2D eigenvalue weighted by atomic mass is 79.9. The lowest BCUT2D eigenvalue weighted by Crippen LogP contribution is -2.00. The van der Waals surface area contributed by atoms with Crippen LogP contribution in [0.15, 0.2) is 15.9 Å². The summed E-state index contributed by atoms with van der Waals surface area (Å²) in [5.74, 6) is 1.11. The Hall–Kier alpha value is -0.790. The molecule has 0 aromatic carbocycles. The normalized spacial score (nSPS) is 10.5. The summed E-state index contributed by atoms with van der Waals surface area (Å²) in [6.07, 6.45) is 0. The van der Waals surface area contributed by atoms with Crippen LogP contribution in [-0.2, 0) is 6.54 Å². The first-order valence-corrected chi connectivity index (χ1v) is 7.50. The van der Waals surface area contributed by atoms with E-state index in [4.69, 9.17) is 10.5 Å². The maximum Gasteiger partial charge on any atom is 0.197 e. The summed E-state index contributed by atoms with van der Waals surface area (Å²) in [5.41, 5.74) is 5.73. The number of nitrogen functional groups attached to an aromatic ring is 1. The molecule has 0 saturated carbocycles. The van der Waals surface area contributed by atoms with Gasteiger partial charge in [-0.2, -0.15) is 4.37 Å². The smallest absolute Gasteiger partial charge is 0.197 e. The van der Waals surface area contributed by atoms with Gasteiger partial charge < -0.3 is 15.8 Å². The lowest BCUT2D eigenvalue weighted by Gasteiger charge is -2.06. The Morgan fingerprint density at radius 3 is 3.06 bits per heavy atom. The largest absolute Gasteiger partial charge is 0.487 e. The van der Waals surface area contributed by atoms with Crippen molar-refractivity contribution in [1.82, 2.24) is 4.37 Å². The molecule has 0 fully saturated rings. The van der Waals surface area contributed by atoms with Crippen LogP contribution in [0, 0.1) is 0 Å². The zero-order valence-corrected chi connectivity index (χ0v) is 12.4. The molecule has 0 atom stereocenters. The van der Waals surface area contributed by atoms with Crippen molar-refractivity contribution in [1.29, 1.82) is 0 Å². The van der Waals surface area contributed by atoms with E-state index >= 15 is 0 Å². The van der Waals surface area contributed by atoms with Crippen LogP contribution in [0.2, 0.25) is 0 Å². The van der Waals surface area contributed by atoms with Crippen LogP contribution in [-0.4, -0.2) is 11.0 Å². The molecule has 2 rings (SSSR count). The van der Waals surface area contributed by atoms with Crippen LogP contribution in [0.25, 0.3) is 0 Å². The lowest BCUT2D eigenvalue weighted by molar-refractivity contribution is 0.344. The molecule has 0 bridgehead atoms. The minimum atomic E-state index is 0.451. The van der Waals surface area contributed by atoms with Crippen molar-refractivity contribution >= 4 is 49.6 Å². The first kappa shape index (κ1) is 12.7. The van der Waals surface area contributed by atoms with Gasteiger partial charge in [-0.05, 0) is 40.5 Å². The molecule has 3 N–H and O–H groups in total. The molecule has 2 heterocycles. The average Bonchev–Trinajstić information content (AvgIpc) is 2.86. The average molecular weight is 334 g/mol. The van der Waals surface area contributed by atoms with Crippen LogP contribution in [0.4, 0.5) is 10.8 Å². The quantitative estimate of drug-likeness (QED) is 0.878. The summed E-state index contributed by atoms with van der Waals surface area (Å²) in [5, 5.41) is 6.23. The summed E-state index contributed by atoms with van der Waals surface area (Å²) in [4.78, 5) is 1.24. The number of hydrogen-bond donors (Lipinski definition) is 2. The van der Waals surface area contributed by atoms with Gasteiger partial charge in [-0.15, -0.1) is 11.3 Å². The fourth-order valence-corrected chi connectivity index (χ4v) is 3.35. The molecule has 0 radical (unpaired) electrons. The van der Waals surface area contributed by atoms with Crippen molar-refractivity contribution in [3.05, 3.63) is 20.8 Å². The van der Waals surface area contributed by atoms with Gasteiger partial charge in [0.2, 0.25) is 0 Å². The van der Waals surface area contributed by atoms with Gasteiger partial charge in [0.05, 0.1) is 13.2 Å². The Kier molecular flexibility index (Phi) is 4.25. The van der Waals surface area contributed by atoms with Crippen molar-refractivity contribution in [2.24, 2.45) is 0 Å². The number of nitrogens with one attached hydrogen (secondary N) is 1. The monoisotopic (exact) mass is 333 g/mol. The van der Waals surface area contributed by atoms with Gasteiger partial charge in [-0.3, -0.25) is 0 Å². The van der Waals surface area contributed by atoms with Gasteiger partial charge in [0, 0.05) is 14.7 Å². The fourth-order valence-electron chi connectivity index (χ4n) is 1.30.